The van der Waals surface area contributed by atoms with Crippen molar-refractivity contribution in [1.82, 2.24) is 4.57 Å². The smallest absolute Gasteiger partial charge is 0.271 e. The first kappa shape index (κ1) is 16.5. The number of carbonyl (C=O) groups is 1. The second-order valence-corrected chi connectivity index (χ2v) is 5.47. The van der Waals surface area contributed by atoms with Gasteiger partial charge in [0.05, 0.1) is 5.56 Å². The van der Waals surface area contributed by atoms with Crippen molar-refractivity contribution in [3.05, 3.63) is 62.4 Å². The molecule has 0 aliphatic carbocycles. The molecule has 2 aromatic rings. The number of nitriles is 1. The maximum absolute atomic E-state index is 12.8. The van der Waals surface area contributed by atoms with E-state index in [1.54, 1.807) is 18.2 Å². The van der Waals surface area contributed by atoms with E-state index in [2.05, 4.69) is 0 Å². The standard InChI is InChI=1S/C18H18N2O3/c1-4-8-20-17(22)14(10-19)12(3)15(18(20)23)16(21)13-7-5-6-11(2)9-13/h5-7,9,23H,4,8H2,1-3H3. The van der Waals surface area contributed by atoms with Gasteiger partial charge < -0.3 is 5.11 Å². The van der Waals surface area contributed by atoms with E-state index in [1.807, 2.05) is 26.0 Å². The van der Waals surface area contributed by atoms with Crippen molar-refractivity contribution in [3.63, 3.8) is 0 Å². The molecule has 1 N–H and O–H groups in total. The van der Waals surface area contributed by atoms with Crippen molar-refractivity contribution in [2.75, 3.05) is 0 Å². The SMILES string of the molecule is CCCn1c(O)c(C(=O)c2cccc(C)c2)c(C)c(C#N)c1=O. The van der Waals surface area contributed by atoms with Crippen LogP contribution in [0, 0.1) is 25.2 Å². The van der Waals surface area contributed by atoms with Gasteiger partial charge in [0.1, 0.15) is 11.6 Å². The highest BCUT2D eigenvalue weighted by molar-refractivity contribution is 6.11. The fourth-order valence-electron chi connectivity index (χ4n) is 2.58. The van der Waals surface area contributed by atoms with Gasteiger partial charge in [-0.25, -0.2) is 0 Å². The van der Waals surface area contributed by atoms with Crippen LogP contribution in [0.3, 0.4) is 0 Å². The minimum absolute atomic E-state index is 0.0141. The molecule has 0 saturated heterocycles. The van der Waals surface area contributed by atoms with Crippen molar-refractivity contribution in [2.45, 2.75) is 33.7 Å². The van der Waals surface area contributed by atoms with E-state index >= 15 is 0 Å². The monoisotopic (exact) mass is 310 g/mol. The molecule has 0 unspecified atom stereocenters. The molecule has 0 saturated carbocycles. The lowest BCUT2D eigenvalue weighted by Crippen LogP contribution is -2.26. The van der Waals surface area contributed by atoms with Gasteiger partial charge in [0.25, 0.3) is 5.56 Å². The third kappa shape index (κ3) is 2.88. The van der Waals surface area contributed by atoms with Gasteiger partial charge in [0, 0.05) is 12.1 Å². The van der Waals surface area contributed by atoms with Crippen molar-refractivity contribution in [1.29, 1.82) is 5.26 Å². The Bertz CT molecular complexity index is 873. The summed E-state index contributed by atoms with van der Waals surface area (Å²) in [4.78, 5) is 25.1. The molecule has 0 bridgehead atoms. The lowest BCUT2D eigenvalue weighted by molar-refractivity contribution is 0.103. The third-order valence-corrected chi connectivity index (χ3v) is 3.75. The molecule has 1 aromatic heterocycles. The minimum Gasteiger partial charge on any atom is -0.494 e. The summed E-state index contributed by atoms with van der Waals surface area (Å²) in [7, 11) is 0. The fraction of sp³-hybridized carbons (Fsp3) is 0.278. The Morgan fingerprint density at radius 3 is 2.61 bits per heavy atom. The molecular formula is C18H18N2O3. The topological polar surface area (TPSA) is 83.1 Å². The number of carbonyl (C=O) groups excluding carboxylic acids is 1. The average Bonchev–Trinajstić information content (AvgIpc) is 2.52. The van der Waals surface area contributed by atoms with E-state index in [-0.39, 0.29) is 29.1 Å². The average molecular weight is 310 g/mol. The van der Waals surface area contributed by atoms with Gasteiger partial charge in [-0.05, 0) is 31.9 Å². The fourth-order valence-corrected chi connectivity index (χ4v) is 2.58. The van der Waals surface area contributed by atoms with Crippen LogP contribution in [0.2, 0.25) is 0 Å². The predicted octanol–water partition coefficient (Wildman–Crippen LogP) is 2.68. The second-order valence-electron chi connectivity index (χ2n) is 5.47. The molecular weight excluding hydrogens is 292 g/mol. The second kappa shape index (κ2) is 6.49. The molecule has 0 aliphatic heterocycles. The largest absolute Gasteiger partial charge is 0.494 e. The van der Waals surface area contributed by atoms with E-state index in [9.17, 15) is 20.0 Å². The molecule has 0 radical (unpaired) electrons. The summed E-state index contributed by atoms with van der Waals surface area (Å²) in [6.45, 7) is 5.47. The summed E-state index contributed by atoms with van der Waals surface area (Å²) in [5.41, 5.74) is 0.885. The number of pyridine rings is 1. The van der Waals surface area contributed by atoms with Gasteiger partial charge in [0.15, 0.2) is 5.78 Å². The zero-order chi connectivity index (χ0) is 17.1. The van der Waals surface area contributed by atoms with E-state index < -0.39 is 11.3 Å². The molecule has 0 fully saturated rings. The zero-order valence-electron chi connectivity index (χ0n) is 13.4. The van der Waals surface area contributed by atoms with Crippen molar-refractivity contribution in [2.24, 2.45) is 0 Å². The first-order valence-corrected chi connectivity index (χ1v) is 7.40. The van der Waals surface area contributed by atoms with Crippen molar-refractivity contribution >= 4 is 5.78 Å². The minimum atomic E-state index is -0.565. The van der Waals surface area contributed by atoms with E-state index in [0.29, 0.717) is 12.0 Å². The van der Waals surface area contributed by atoms with Crippen LogP contribution in [0.25, 0.3) is 0 Å². The van der Waals surface area contributed by atoms with Crippen LogP contribution < -0.4 is 5.56 Å². The first-order valence-electron chi connectivity index (χ1n) is 7.40. The highest BCUT2D eigenvalue weighted by Gasteiger charge is 2.24. The number of aromatic hydroxyl groups is 1. The van der Waals surface area contributed by atoms with Gasteiger partial charge in [-0.3, -0.25) is 14.2 Å². The van der Waals surface area contributed by atoms with E-state index in [4.69, 9.17) is 0 Å². The van der Waals surface area contributed by atoms with Gasteiger partial charge >= 0.3 is 0 Å². The maximum Gasteiger partial charge on any atom is 0.271 e. The first-order chi connectivity index (χ1) is 10.9. The summed E-state index contributed by atoms with van der Waals surface area (Å²) in [5.74, 6) is -0.773. The number of nitrogens with zero attached hydrogens (tertiary/aromatic N) is 2. The van der Waals surface area contributed by atoms with Gasteiger partial charge in [-0.15, -0.1) is 0 Å². The lowest BCUT2D eigenvalue weighted by Gasteiger charge is -2.15. The third-order valence-electron chi connectivity index (χ3n) is 3.75. The number of hydrogen-bond acceptors (Lipinski definition) is 4. The van der Waals surface area contributed by atoms with Crippen LogP contribution in [0.15, 0.2) is 29.1 Å². The molecule has 1 aromatic carbocycles. The molecule has 0 aliphatic rings. The van der Waals surface area contributed by atoms with E-state index in [0.717, 1.165) is 10.1 Å². The Hall–Kier alpha value is -2.87. The molecule has 0 spiro atoms. The van der Waals surface area contributed by atoms with Gasteiger partial charge in [0.2, 0.25) is 5.88 Å². The van der Waals surface area contributed by atoms with Crippen LogP contribution in [0.4, 0.5) is 0 Å². The Balaban J connectivity index is 2.76. The van der Waals surface area contributed by atoms with Crippen molar-refractivity contribution in [3.8, 4) is 11.9 Å². The molecule has 118 valence electrons. The summed E-state index contributed by atoms with van der Waals surface area (Å²) >= 11 is 0. The van der Waals surface area contributed by atoms with Crippen LogP contribution in [-0.2, 0) is 6.54 Å². The van der Waals surface area contributed by atoms with Crippen molar-refractivity contribution < 1.29 is 9.90 Å². The number of ketones is 1. The number of benzene rings is 1. The summed E-state index contributed by atoms with van der Waals surface area (Å²) < 4.78 is 1.09. The number of hydrogen-bond donors (Lipinski definition) is 1. The molecule has 0 amide bonds. The van der Waals surface area contributed by atoms with Gasteiger partial charge in [-0.1, -0.05) is 30.7 Å². The van der Waals surface area contributed by atoms with Crippen LogP contribution in [0.1, 0.15) is 46.0 Å². The molecule has 5 heteroatoms. The molecule has 1 heterocycles. The maximum atomic E-state index is 12.8. The summed E-state index contributed by atoms with van der Waals surface area (Å²) in [6.07, 6.45) is 0.597. The quantitative estimate of drug-likeness (QED) is 0.880. The van der Waals surface area contributed by atoms with Crippen LogP contribution in [0.5, 0.6) is 5.88 Å². The molecule has 23 heavy (non-hydrogen) atoms. The van der Waals surface area contributed by atoms with E-state index in [1.165, 1.54) is 6.92 Å². The molecule has 0 atom stereocenters. The highest BCUT2D eigenvalue weighted by atomic mass is 16.3. The molecule has 2 rings (SSSR count). The zero-order valence-corrected chi connectivity index (χ0v) is 13.4. The van der Waals surface area contributed by atoms with Gasteiger partial charge in [-0.2, -0.15) is 5.26 Å². The Kier molecular flexibility index (Phi) is 4.65. The Morgan fingerprint density at radius 2 is 2.04 bits per heavy atom. The molecule has 5 nitrogen and oxygen atoms in total. The number of aromatic nitrogens is 1. The summed E-state index contributed by atoms with van der Waals surface area (Å²) in [6, 6.07) is 8.83. The Labute approximate surface area is 134 Å². The summed E-state index contributed by atoms with van der Waals surface area (Å²) in [5, 5.41) is 19.7. The predicted molar refractivity (Wildman–Crippen MR) is 86.7 cm³/mol. The Morgan fingerprint density at radius 1 is 1.35 bits per heavy atom. The lowest BCUT2D eigenvalue weighted by atomic mass is 9.96. The van der Waals surface area contributed by atoms with Crippen LogP contribution >= 0.6 is 0 Å². The number of aryl methyl sites for hydroxylation is 1. The van der Waals surface area contributed by atoms with Crippen LogP contribution in [-0.4, -0.2) is 15.5 Å². The highest BCUT2D eigenvalue weighted by Crippen LogP contribution is 2.25. The normalized spacial score (nSPS) is 10.3. The number of rotatable bonds is 4.